The smallest absolute Gasteiger partial charge is 0.276 e. The summed E-state index contributed by atoms with van der Waals surface area (Å²) in [6, 6.07) is 11.9. The Kier molecular flexibility index (Phi) is 6.02. The number of nitrogens with one attached hydrogen (secondary N) is 2. The van der Waals surface area contributed by atoms with Gasteiger partial charge in [0.25, 0.3) is 5.91 Å². The van der Waals surface area contributed by atoms with Crippen LogP contribution in [0.15, 0.2) is 53.3 Å². The van der Waals surface area contributed by atoms with Crippen LogP contribution in [0.3, 0.4) is 0 Å². The fourth-order valence-electron chi connectivity index (χ4n) is 4.21. The van der Waals surface area contributed by atoms with Gasteiger partial charge < -0.3 is 20.8 Å². The molecule has 0 saturated heterocycles. The highest BCUT2D eigenvalue weighted by Crippen LogP contribution is 2.25. The lowest BCUT2D eigenvalue weighted by Gasteiger charge is -2.27. The van der Waals surface area contributed by atoms with Crippen molar-refractivity contribution in [3.05, 3.63) is 60.4 Å². The molecule has 1 saturated carbocycles. The van der Waals surface area contributed by atoms with Gasteiger partial charge in [-0.3, -0.25) is 4.79 Å². The molecule has 0 spiro atoms. The second kappa shape index (κ2) is 9.26. The molecule has 3 heterocycles. The molecule has 0 atom stereocenters. The van der Waals surface area contributed by atoms with Crippen LogP contribution in [0.2, 0.25) is 0 Å². The van der Waals surface area contributed by atoms with E-state index in [1.165, 1.54) is 6.20 Å². The molecule has 1 fully saturated rings. The highest BCUT2D eigenvalue weighted by Gasteiger charge is 2.20. The monoisotopic (exact) mass is 459 g/mol. The molecule has 5 rings (SSSR count). The van der Waals surface area contributed by atoms with Gasteiger partial charge in [-0.2, -0.15) is 0 Å². The van der Waals surface area contributed by atoms with E-state index in [2.05, 4.69) is 25.7 Å². The molecule has 1 aliphatic carbocycles. The molecule has 1 aliphatic rings. The molecule has 1 amide bonds. The number of carbonyl (C=O) groups excluding carboxylic acids is 1. The van der Waals surface area contributed by atoms with Crippen LogP contribution >= 0.6 is 0 Å². The Morgan fingerprint density at radius 2 is 2.00 bits per heavy atom. The SMILES string of the molecule is CC(C)c1nc(-c2cccc(NC(=O)c3cnc4ccc(N[C@H]5CC[C@H](N)CC5)nn34)c2)co1. The summed E-state index contributed by atoms with van der Waals surface area (Å²) in [5.74, 6) is 1.31. The molecule has 9 nitrogen and oxygen atoms in total. The van der Waals surface area contributed by atoms with Gasteiger partial charge in [0.1, 0.15) is 17.8 Å². The molecule has 3 aromatic heterocycles. The first-order chi connectivity index (χ1) is 16.5. The molecule has 4 N–H and O–H groups in total. The van der Waals surface area contributed by atoms with Gasteiger partial charge in [0.15, 0.2) is 17.2 Å². The maximum atomic E-state index is 13.1. The van der Waals surface area contributed by atoms with E-state index in [0.29, 0.717) is 34.8 Å². The number of anilines is 2. The second-order valence-corrected chi connectivity index (χ2v) is 9.15. The Morgan fingerprint density at radius 3 is 2.76 bits per heavy atom. The second-order valence-electron chi connectivity index (χ2n) is 9.15. The van der Waals surface area contributed by atoms with Crippen molar-refractivity contribution < 1.29 is 9.21 Å². The van der Waals surface area contributed by atoms with Gasteiger partial charge in [-0.25, -0.2) is 14.5 Å². The topological polar surface area (TPSA) is 123 Å². The van der Waals surface area contributed by atoms with Crippen LogP contribution in [-0.2, 0) is 0 Å². The molecule has 0 aliphatic heterocycles. The number of carbonyl (C=O) groups is 1. The number of aromatic nitrogens is 4. The first-order valence-corrected chi connectivity index (χ1v) is 11.7. The predicted molar refractivity (Wildman–Crippen MR) is 131 cm³/mol. The van der Waals surface area contributed by atoms with Crippen LogP contribution in [0.1, 0.15) is 61.8 Å². The van der Waals surface area contributed by atoms with Gasteiger partial charge in [0.2, 0.25) is 0 Å². The van der Waals surface area contributed by atoms with Crippen molar-refractivity contribution in [1.82, 2.24) is 19.6 Å². The van der Waals surface area contributed by atoms with E-state index in [1.807, 2.05) is 50.2 Å². The standard InChI is InChI=1S/C25H29N7O2/c1-15(2)25-30-20(14-34-25)16-4-3-5-19(12-16)29-24(33)21-13-27-23-11-10-22(31-32(21)23)28-18-8-6-17(26)7-9-18/h3-5,10-15,17-18H,6-9,26H2,1-2H3,(H,28,31)(H,29,33)/t17-,18-. The third kappa shape index (κ3) is 4.65. The lowest BCUT2D eigenvalue weighted by Crippen LogP contribution is -2.33. The Balaban J connectivity index is 1.33. The summed E-state index contributed by atoms with van der Waals surface area (Å²) < 4.78 is 7.12. The van der Waals surface area contributed by atoms with Crippen LogP contribution < -0.4 is 16.4 Å². The van der Waals surface area contributed by atoms with Gasteiger partial charge in [-0.15, -0.1) is 5.10 Å². The Hall–Kier alpha value is -3.72. The molecule has 34 heavy (non-hydrogen) atoms. The Labute approximate surface area is 197 Å². The van der Waals surface area contributed by atoms with E-state index >= 15 is 0 Å². The highest BCUT2D eigenvalue weighted by molar-refractivity contribution is 6.03. The zero-order valence-corrected chi connectivity index (χ0v) is 19.4. The van der Waals surface area contributed by atoms with E-state index < -0.39 is 0 Å². The molecule has 0 radical (unpaired) electrons. The van der Waals surface area contributed by atoms with Crippen molar-refractivity contribution >= 4 is 23.1 Å². The number of rotatable bonds is 6. The van der Waals surface area contributed by atoms with Crippen molar-refractivity contribution in [2.75, 3.05) is 10.6 Å². The van der Waals surface area contributed by atoms with Crippen LogP contribution in [0, 0.1) is 0 Å². The van der Waals surface area contributed by atoms with Crippen molar-refractivity contribution in [2.24, 2.45) is 5.73 Å². The van der Waals surface area contributed by atoms with Gasteiger partial charge in [-0.05, 0) is 49.9 Å². The lowest BCUT2D eigenvalue weighted by molar-refractivity contribution is 0.102. The van der Waals surface area contributed by atoms with E-state index in [4.69, 9.17) is 10.2 Å². The minimum Gasteiger partial charge on any atom is -0.448 e. The maximum Gasteiger partial charge on any atom is 0.276 e. The van der Waals surface area contributed by atoms with Gasteiger partial charge in [-0.1, -0.05) is 26.0 Å². The van der Waals surface area contributed by atoms with Crippen molar-refractivity contribution in [3.63, 3.8) is 0 Å². The quantitative estimate of drug-likeness (QED) is 0.389. The molecule has 9 heteroatoms. The normalized spacial score (nSPS) is 18.4. The van der Waals surface area contributed by atoms with E-state index in [1.54, 1.807) is 10.8 Å². The zero-order chi connectivity index (χ0) is 23.7. The van der Waals surface area contributed by atoms with E-state index in [-0.39, 0.29) is 17.9 Å². The highest BCUT2D eigenvalue weighted by atomic mass is 16.3. The lowest BCUT2D eigenvalue weighted by atomic mass is 9.92. The number of hydrogen-bond donors (Lipinski definition) is 3. The molecular formula is C25H29N7O2. The Bertz CT molecular complexity index is 1300. The predicted octanol–water partition coefficient (Wildman–Crippen LogP) is 4.44. The zero-order valence-electron chi connectivity index (χ0n) is 19.4. The molecule has 176 valence electrons. The van der Waals surface area contributed by atoms with Crippen LogP contribution in [0.5, 0.6) is 0 Å². The number of amides is 1. The van der Waals surface area contributed by atoms with Gasteiger partial charge in [0.05, 0.1) is 6.20 Å². The largest absolute Gasteiger partial charge is 0.448 e. The number of fused-ring (bicyclic) bond motifs is 1. The summed E-state index contributed by atoms with van der Waals surface area (Å²) in [4.78, 5) is 22.0. The van der Waals surface area contributed by atoms with Gasteiger partial charge in [0, 0.05) is 29.3 Å². The number of nitrogens with two attached hydrogens (primary N) is 1. The van der Waals surface area contributed by atoms with Crippen molar-refractivity contribution in [2.45, 2.75) is 57.5 Å². The molecule has 4 aromatic rings. The summed E-state index contributed by atoms with van der Waals surface area (Å²) >= 11 is 0. The first kappa shape index (κ1) is 22.1. The minimum atomic E-state index is -0.291. The number of imidazole rings is 1. The summed E-state index contributed by atoms with van der Waals surface area (Å²) in [6.45, 7) is 4.06. The molecule has 1 aromatic carbocycles. The van der Waals surface area contributed by atoms with Gasteiger partial charge >= 0.3 is 0 Å². The summed E-state index contributed by atoms with van der Waals surface area (Å²) in [5.41, 5.74) is 9.23. The number of hydrogen-bond acceptors (Lipinski definition) is 7. The molecule has 0 bridgehead atoms. The third-order valence-electron chi connectivity index (χ3n) is 6.15. The van der Waals surface area contributed by atoms with Crippen LogP contribution in [0.4, 0.5) is 11.5 Å². The fraction of sp³-hybridized carbons (Fsp3) is 0.360. The number of oxazole rings is 1. The number of nitrogens with zero attached hydrogens (tertiary/aromatic N) is 4. The van der Waals surface area contributed by atoms with E-state index in [0.717, 1.165) is 36.9 Å². The minimum absolute atomic E-state index is 0.203. The van der Waals surface area contributed by atoms with Crippen molar-refractivity contribution in [3.8, 4) is 11.3 Å². The Morgan fingerprint density at radius 1 is 1.18 bits per heavy atom. The van der Waals surface area contributed by atoms with Crippen molar-refractivity contribution in [1.29, 1.82) is 0 Å². The average Bonchev–Trinajstić information content (AvgIpc) is 3.48. The fourth-order valence-corrected chi connectivity index (χ4v) is 4.21. The molecular weight excluding hydrogens is 430 g/mol. The first-order valence-electron chi connectivity index (χ1n) is 11.7. The summed E-state index contributed by atoms with van der Waals surface area (Å²) in [5, 5.41) is 11.0. The third-order valence-corrected chi connectivity index (χ3v) is 6.15. The number of benzene rings is 1. The van der Waals surface area contributed by atoms with E-state index in [9.17, 15) is 4.79 Å². The summed E-state index contributed by atoms with van der Waals surface area (Å²) in [6.07, 6.45) is 7.21. The van der Waals surface area contributed by atoms with Crippen LogP contribution in [-0.4, -0.2) is 37.6 Å². The summed E-state index contributed by atoms with van der Waals surface area (Å²) in [7, 11) is 0. The van der Waals surface area contributed by atoms with Crippen LogP contribution in [0.25, 0.3) is 16.9 Å². The average molecular weight is 460 g/mol. The molecule has 0 unspecified atom stereocenters. The maximum absolute atomic E-state index is 13.1.